The van der Waals surface area contributed by atoms with E-state index in [-0.39, 0.29) is 10.8 Å². The van der Waals surface area contributed by atoms with Crippen molar-refractivity contribution in [3.05, 3.63) is 30.3 Å². The summed E-state index contributed by atoms with van der Waals surface area (Å²) >= 11 is 0. The molecule has 1 rings (SSSR count). The van der Waals surface area contributed by atoms with Crippen LogP contribution in [0.1, 0.15) is 67.2 Å². The summed E-state index contributed by atoms with van der Waals surface area (Å²) in [6.07, 6.45) is 3.02. The molecular weight excluding hydrogens is 300 g/mol. The molecule has 3 nitrogen and oxygen atoms in total. The minimum Gasteiger partial charge on any atom is -0.494 e. The van der Waals surface area contributed by atoms with E-state index in [1.54, 1.807) is 0 Å². The number of hydrogen-bond donors (Lipinski definition) is 1. The molecule has 3 heteroatoms. The van der Waals surface area contributed by atoms with Crippen LogP contribution in [0.2, 0.25) is 0 Å². The third-order valence-electron chi connectivity index (χ3n) is 3.90. The first-order valence-electron chi connectivity index (χ1n) is 9.09. The molecule has 0 radical (unpaired) electrons. The van der Waals surface area contributed by atoms with E-state index in [9.17, 15) is 5.11 Å². The topological polar surface area (TPSA) is 38.7 Å². The van der Waals surface area contributed by atoms with Crippen molar-refractivity contribution in [1.29, 1.82) is 0 Å². The number of benzene rings is 1. The van der Waals surface area contributed by atoms with Crippen LogP contribution in [0.25, 0.3) is 0 Å². The lowest BCUT2D eigenvalue weighted by Crippen LogP contribution is -2.39. The molecule has 1 atom stereocenters. The molecular formula is C21H36O3. The SMILES string of the molecule is CCOC(O)(CCCOc1ccccc1)CC(C)(C)CC(C)(C)C. The summed E-state index contributed by atoms with van der Waals surface area (Å²) in [5.41, 5.74) is 0.246. The average Bonchev–Trinajstić information content (AvgIpc) is 2.41. The van der Waals surface area contributed by atoms with Crippen LogP contribution < -0.4 is 4.74 Å². The quantitative estimate of drug-likeness (QED) is 0.458. The summed E-state index contributed by atoms with van der Waals surface area (Å²) in [5, 5.41) is 11.0. The lowest BCUT2D eigenvalue weighted by Gasteiger charge is -2.39. The van der Waals surface area contributed by atoms with E-state index < -0.39 is 5.79 Å². The zero-order chi connectivity index (χ0) is 18.3. The first kappa shape index (κ1) is 21.0. The molecule has 138 valence electrons. The molecule has 0 aromatic heterocycles. The highest BCUT2D eigenvalue weighted by Crippen LogP contribution is 2.40. The van der Waals surface area contributed by atoms with Gasteiger partial charge in [-0.3, -0.25) is 0 Å². The Balaban J connectivity index is 2.53. The van der Waals surface area contributed by atoms with Crippen molar-refractivity contribution in [3.63, 3.8) is 0 Å². The molecule has 24 heavy (non-hydrogen) atoms. The van der Waals surface area contributed by atoms with E-state index in [1.165, 1.54) is 0 Å². The maximum atomic E-state index is 11.0. The van der Waals surface area contributed by atoms with Crippen LogP contribution in [0.15, 0.2) is 30.3 Å². The third-order valence-corrected chi connectivity index (χ3v) is 3.90. The van der Waals surface area contributed by atoms with Gasteiger partial charge in [0.1, 0.15) is 5.75 Å². The van der Waals surface area contributed by atoms with Gasteiger partial charge in [-0.1, -0.05) is 52.8 Å². The fourth-order valence-electron chi connectivity index (χ4n) is 3.78. The molecule has 0 fully saturated rings. The third kappa shape index (κ3) is 8.70. The number of rotatable bonds is 10. The van der Waals surface area contributed by atoms with E-state index >= 15 is 0 Å². The highest BCUT2D eigenvalue weighted by atomic mass is 16.6. The summed E-state index contributed by atoms with van der Waals surface area (Å²) in [7, 11) is 0. The Hall–Kier alpha value is -1.06. The highest BCUT2D eigenvalue weighted by molar-refractivity contribution is 5.20. The van der Waals surface area contributed by atoms with Crippen LogP contribution in [-0.2, 0) is 4.74 Å². The summed E-state index contributed by atoms with van der Waals surface area (Å²) < 4.78 is 11.5. The van der Waals surface area contributed by atoms with E-state index in [2.05, 4.69) is 34.6 Å². The van der Waals surface area contributed by atoms with Crippen LogP contribution in [0.3, 0.4) is 0 Å². The maximum absolute atomic E-state index is 11.0. The van der Waals surface area contributed by atoms with E-state index in [1.807, 2.05) is 37.3 Å². The molecule has 0 aliphatic carbocycles. The maximum Gasteiger partial charge on any atom is 0.166 e. The van der Waals surface area contributed by atoms with E-state index in [4.69, 9.17) is 9.47 Å². The number of ether oxygens (including phenoxy) is 2. The largest absolute Gasteiger partial charge is 0.494 e. The van der Waals surface area contributed by atoms with Crippen molar-refractivity contribution in [2.75, 3.05) is 13.2 Å². The molecule has 0 aliphatic rings. The van der Waals surface area contributed by atoms with Gasteiger partial charge in [0.05, 0.1) is 6.61 Å². The molecule has 0 bridgehead atoms. The van der Waals surface area contributed by atoms with Gasteiger partial charge >= 0.3 is 0 Å². The molecule has 0 amide bonds. The molecule has 1 aromatic rings. The number of aliphatic hydroxyl groups is 1. The Labute approximate surface area is 148 Å². The zero-order valence-electron chi connectivity index (χ0n) is 16.4. The standard InChI is InChI=1S/C21H36O3/c1-7-24-21(22,17-20(5,6)16-19(2,3)4)14-11-15-23-18-12-9-8-10-13-18/h8-10,12-13,22H,7,11,14-17H2,1-6H3. The molecule has 0 aliphatic heterocycles. The predicted molar refractivity (Wildman–Crippen MR) is 100 cm³/mol. The van der Waals surface area contributed by atoms with E-state index in [0.717, 1.165) is 18.6 Å². The van der Waals surface area contributed by atoms with Crippen LogP contribution in [0.5, 0.6) is 5.75 Å². The summed E-state index contributed by atoms with van der Waals surface area (Å²) in [6, 6.07) is 9.78. The highest BCUT2D eigenvalue weighted by Gasteiger charge is 2.36. The molecule has 0 heterocycles. The number of hydrogen-bond acceptors (Lipinski definition) is 3. The van der Waals surface area contributed by atoms with Crippen molar-refractivity contribution >= 4 is 0 Å². The van der Waals surface area contributed by atoms with Crippen molar-refractivity contribution in [1.82, 2.24) is 0 Å². The predicted octanol–water partition coefficient (Wildman–Crippen LogP) is 5.42. The van der Waals surface area contributed by atoms with Crippen molar-refractivity contribution in [2.24, 2.45) is 10.8 Å². The Morgan fingerprint density at radius 1 is 0.958 bits per heavy atom. The lowest BCUT2D eigenvalue weighted by atomic mass is 9.72. The van der Waals surface area contributed by atoms with Gasteiger partial charge in [-0.2, -0.15) is 0 Å². The summed E-state index contributed by atoms with van der Waals surface area (Å²) in [5.74, 6) is -0.214. The van der Waals surface area contributed by atoms with Gasteiger partial charge in [-0.25, -0.2) is 0 Å². The Morgan fingerprint density at radius 2 is 1.58 bits per heavy atom. The Kier molecular flexibility index (Phi) is 7.75. The van der Waals surface area contributed by atoms with Crippen LogP contribution in [0, 0.1) is 10.8 Å². The van der Waals surface area contributed by atoms with E-state index in [0.29, 0.717) is 26.1 Å². The van der Waals surface area contributed by atoms with Crippen LogP contribution in [0.4, 0.5) is 0 Å². The van der Waals surface area contributed by atoms with Crippen LogP contribution >= 0.6 is 0 Å². The van der Waals surface area contributed by atoms with Gasteiger partial charge in [0.25, 0.3) is 0 Å². The molecule has 0 saturated carbocycles. The molecule has 0 spiro atoms. The summed E-state index contributed by atoms with van der Waals surface area (Å²) in [4.78, 5) is 0. The Morgan fingerprint density at radius 3 is 2.12 bits per heavy atom. The number of para-hydroxylation sites is 1. The normalized spacial score (nSPS) is 15.1. The minimum atomic E-state index is -1.08. The second-order valence-corrected chi connectivity index (χ2v) is 8.72. The molecule has 1 N–H and O–H groups in total. The molecule has 0 saturated heterocycles. The first-order valence-corrected chi connectivity index (χ1v) is 9.09. The average molecular weight is 337 g/mol. The fourth-order valence-corrected chi connectivity index (χ4v) is 3.78. The van der Waals surface area contributed by atoms with Gasteiger partial charge in [-0.05, 0) is 42.7 Å². The van der Waals surface area contributed by atoms with Gasteiger partial charge in [0, 0.05) is 19.4 Å². The smallest absolute Gasteiger partial charge is 0.166 e. The molecule has 1 aromatic carbocycles. The second kappa shape index (κ2) is 8.87. The van der Waals surface area contributed by atoms with Crippen LogP contribution in [-0.4, -0.2) is 24.1 Å². The van der Waals surface area contributed by atoms with Crippen molar-refractivity contribution in [3.8, 4) is 5.75 Å². The molecule has 1 unspecified atom stereocenters. The van der Waals surface area contributed by atoms with Gasteiger partial charge in [-0.15, -0.1) is 0 Å². The zero-order valence-corrected chi connectivity index (χ0v) is 16.4. The second-order valence-electron chi connectivity index (χ2n) is 8.72. The first-order chi connectivity index (χ1) is 11.1. The van der Waals surface area contributed by atoms with Gasteiger partial charge in [0.2, 0.25) is 0 Å². The lowest BCUT2D eigenvalue weighted by molar-refractivity contribution is -0.225. The minimum absolute atomic E-state index is 0.0163. The van der Waals surface area contributed by atoms with Crippen molar-refractivity contribution in [2.45, 2.75) is 73.0 Å². The summed E-state index contributed by atoms with van der Waals surface area (Å²) in [6.45, 7) is 14.2. The monoisotopic (exact) mass is 336 g/mol. The van der Waals surface area contributed by atoms with Gasteiger partial charge < -0.3 is 14.6 Å². The van der Waals surface area contributed by atoms with Gasteiger partial charge in [0.15, 0.2) is 5.79 Å². The Bertz CT molecular complexity index is 462. The van der Waals surface area contributed by atoms with Crippen molar-refractivity contribution < 1.29 is 14.6 Å². The fraction of sp³-hybridized carbons (Fsp3) is 0.714.